The Labute approximate surface area is 113 Å². The number of nitrogens with two attached hydrogens (primary N) is 1. The van der Waals surface area contributed by atoms with Gasteiger partial charge in [0.25, 0.3) is 10.0 Å². The van der Waals surface area contributed by atoms with E-state index in [1.807, 2.05) is 0 Å². The molecule has 7 nitrogen and oxygen atoms in total. The standard InChI is InChI=1S/C9H17N5O2S.ClH/c1-13-9(7-11-12-13)17(15,16)14-5-3-2-4-8(14)6-10;/h7-8H,2-6,10H2,1H3;1H. The smallest absolute Gasteiger partial charge is 0.262 e. The van der Waals surface area contributed by atoms with E-state index in [0.29, 0.717) is 13.1 Å². The van der Waals surface area contributed by atoms with Crippen LogP contribution in [0.4, 0.5) is 0 Å². The summed E-state index contributed by atoms with van der Waals surface area (Å²) < 4.78 is 27.6. The van der Waals surface area contributed by atoms with Crippen LogP contribution in [-0.4, -0.2) is 46.8 Å². The minimum absolute atomic E-state index is 0. The van der Waals surface area contributed by atoms with Gasteiger partial charge in [-0.1, -0.05) is 11.6 Å². The van der Waals surface area contributed by atoms with E-state index in [1.54, 1.807) is 7.05 Å². The van der Waals surface area contributed by atoms with Crippen LogP contribution in [0.5, 0.6) is 0 Å². The van der Waals surface area contributed by atoms with Crippen LogP contribution in [0, 0.1) is 0 Å². The minimum Gasteiger partial charge on any atom is -0.329 e. The Hall–Kier alpha value is -0.700. The molecule has 1 aliphatic rings. The predicted octanol–water partition coefficient (Wildman–Crippen LogP) is -0.261. The Kier molecular flexibility index (Phi) is 5.09. The van der Waals surface area contributed by atoms with Crippen LogP contribution in [0.25, 0.3) is 0 Å². The number of hydrogen-bond acceptors (Lipinski definition) is 5. The third-order valence-corrected chi connectivity index (χ3v) is 5.09. The molecule has 0 saturated carbocycles. The van der Waals surface area contributed by atoms with E-state index in [4.69, 9.17) is 5.73 Å². The molecular formula is C9H18ClN5O2S. The van der Waals surface area contributed by atoms with Gasteiger partial charge in [0.05, 0.1) is 6.20 Å². The molecule has 9 heteroatoms. The lowest BCUT2D eigenvalue weighted by molar-refractivity contribution is 0.256. The van der Waals surface area contributed by atoms with Crippen molar-refractivity contribution in [1.29, 1.82) is 0 Å². The van der Waals surface area contributed by atoms with Crippen molar-refractivity contribution in [3.63, 3.8) is 0 Å². The molecule has 2 heterocycles. The summed E-state index contributed by atoms with van der Waals surface area (Å²) in [5.74, 6) is 0. The number of piperidine rings is 1. The number of hydrogen-bond donors (Lipinski definition) is 1. The van der Waals surface area contributed by atoms with Crippen LogP contribution >= 0.6 is 12.4 Å². The van der Waals surface area contributed by atoms with Gasteiger partial charge < -0.3 is 5.73 Å². The molecule has 0 aliphatic carbocycles. The van der Waals surface area contributed by atoms with Crippen molar-refractivity contribution in [1.82, 2.24) is 19.3 Å². The largest absolute Gasteiger partial charge is 0.329 e. The van der Waals surface area contributed by atoms with Crippen LogP contribution in [-0.2, 0) is 17.1 Å². The summed E-state index contributed by atoms with van der Waals surface area (Å²) in [5.41, 5.74) is 5.64. The first-order valence-corrected chi connectivity index (χ1v) is 7.08. The molecule has 1 aromatic heterocycles. The monoisotopic (exact) mass is 295 g/mol. The number of nitrogens with zero attached hydrogens (tertiary/aromatic N) is 4. The molecule has 1 unspecified atom stereocenters. The summed E-state index contributed by atoms with van der Waals surface area (Å²) in [6.45, 7) is 0.875. The van der Waals surface area contributed by atoms with Crippen LogP contribution in [0.15, 0.2) is 11.2 Å². The molecule has 0 radical (unpaired) electrons. The molecule has 2 rings (SSSR count). The molecule has 0 aromatic carbocycles. The zero-order valence-electron chi connectivity index (χ0n) is 10.2. The van der Waals surface area contributed by atoms with Crippen molar-refractivity contribution in [2.45, 2.75) is 30.3 Å². The second-order valence-corrected chi connectivity index (χ2v) is 6.03. The van der Waals surface area contributed by atoms with Gasteiger partial charge in [-0.3, -0.25) is 0 Å². The van der Waals surface area contributed by atoms with Crippen LogP contribution in [0.2, 0.25) is 0 Å². The minimum atomic E-state index is -3.52. The highest BCUT2D eigenvalue weighted by molar-refractivity contribution is 7.89. The van der Waals surface area contributed by atoms with Crippen molar-refractivity contribution < 1.29 is 8.42 Å². The first-order chi connectivity index (χ1) is 8.07. The van der Waals surface area contributed by atoms with Crippen molar-refractivity contribution in [3.8, 4) is 0 Å². The first kappa shape index (κ1) is 15.4. The molecule has 1 saturated heterocycles. The molecule has 1 aliphatic heterocycles. The Morgan fingerprint density at radius 2 is 2.22 bits per heavy atom. The molecule has 0 bridgehead atoms. The van der Waals surface area contributed by atoms with Crippen LogP contribution < -0.4 is 5.73 Å². The summed E-state index contributed by atoms with van der Waals surface area (Å²) in [6.07, 6.45) is 4.00. The van der Waals surface area contributed by atoms with Gasteiger partial charge in [-0.2, -0.15) is 4.31 Å². The van der Waals surface area contributed by atoms with Crippen LogP contribution in [0.1, 0.15) is 19.3 Å². The highest BCUT2D eigenvalue weighted by Gasteiger charge is 2.34. The fourth-order valence-corrected chi connectivity index (χ4v) is 3.90. The molecule has 2 N–H and O–H groups in total. The van der Waals surface area contributed by atoms with Gasteiger partial charge in [0, 0.05) is 26.2 Å². The zero-order chi connectivity index (χ0) is 12.5. The predicted molar refractivity (Wildman–Crippen MR) is 68.8 cm³/mol. The number of aryl methyl sites for hydroxylation is 1. The van der Waals surface area contributed by atoms with Crippen LogP contribution in [0.3, 0.4) is 0 Å². The topological polar surface area (TPSA) is 94.1 Å². The van der Waals surface area contributed by atoms with Crippen molar-refractivity contribution >= 4 is 22.4 Å². The average Bonchev–Trinajstić information content (AvgIpc) is 2.76. The maximum Gasteiger partial charge on any atom is 0.262 e. The second kappa shape index (κ2) is 5.96. The lowest BCUT2D eigenvalue weighted by atomic mass is 10.1. The van der Waals surface area contributed by atoms with Gasteiger partial charge in [-0.05, 0) is 12.8 Å². The maximum atomic E-state index is 12.4. The summed E-state index contributed by atoms with van der Waals surface area (Å²) in [6, 6.07) is -0.108. The number of sulfonamides is 1. The molecular weight excluding hydrogens is 278 g/mol. The summed E-state index contributed by atoms with van der Waals surface area (Å²) in [7, 11) is -1.95. The highest BCUT2D eigenvalue weighted by atomic mass is 35.5. The molecule has 1 atom stereocenters. The third-order valence-electron chi connectivity index (χ3n) is 3.09. The van der Waals surface area contributed by atoms with E-state index >= 15 is 0 Å². The maximum absolute atomic E-state index is 12.4. The Morgan fingerprint density at radius 1 is 1.50 bits per heavy atom. The van der Waals surface area contributed by atoms with Gasteiger partial charge in [-0.15, -0.1) is 17.5 Å². The number of aromatic nitrogens is 3. The van der Waals surface area contributed by atoms with Gasteiger partial charge in [-0.25, -0.2) is 13.1 Å². The SMILES string of the molecule is Cl.Cn1nncc1S(=O)(=O)N1CCCCC1CN. The van der Waals surface area contributed by atoms with Crippen molar-refractivity contribution in [2.24, 2.45) is 12.8 Å². The quantitative estimate of drug-likeness (QED) is 0.829. The van der Waals surface area contributed by atoms with Gasteiger partial charge in [0.15, 0.2) is 5.03 Å². The zero-order valence-corrected chi connectivity index (χ0v) is 11.8. The Bertz CT molecular complexity index is 489. The number of rotatable bonds is 3. The summed E-state index contributed by atoms with van der Waals surface area (Å²) in [5, 5.41) is 7.39. The molecule has 104 valence electrons. The van der Waals surface area contributed by atoms with Crippen molar-refractivity contribution in [3.05, 3.63) is 6.20 Å². The van der Waals surface area contributed by atoms with E-state index in [1.165, 1.54) is 15.2 Å². The fraction of sp³-hybridized carbons (Fsp3) is 0.778. The van der Waals surface area contributed by atoms with E-state index in [-0.39, 0.29) is 23.5 Å². The molecule has 0 amide bonds. The fourth-order valence-electron chi connectivity index (χ4n) is 2.16. The second-order valence-electron chi connectivity index (χ2n) is 4.20. The van der Waals surface area contributed by atoms with Crippen molar-refractivity contribution in [2.75, 3.05) is 13.1 Å². The molecule has 1 aromatic rings. The average molecular weight is 296 g/mol. The molecule has 18 heavy (non-hydrogen) atoms. The van der Waals surface area contributed by atoms with Gasteiger partial charge in [0.2, 0.25) is 0 Å². The number of halogens is 1. The van der Waals surface area contributed by atoms with Gasteiger partial charge in [0.1, 0.15) is 0 Å². The molecule has 1 fully saturated rings. The van der Waals surface area contributed by atoms with E-state index in [9.17, 15) is 8.42 Å². The normalized spacial score (nSPS) is 21.6. The summed E-state index contributed by atoms with van der Waals surface area (Å²) >= 11 is 0. The summed E-state index contributed by atoms with van der Waals surface area (Å²) in [4.78, 5) is 0. The highest BCUT2D eigenvalue weighted by Crippen LogP contribution is 2.23. The lowest BCUT2D eigenvalue weighted by Crippen LogP contribution is -2.47. The lowest BCUT2D eigenvalue weighted by Gasteiger charge is -2.33. The third kappa shape index (κ3) is 2.66. The van der Waals surface area contributed by atoms with Gasteiger partial charge >= 0.3 is 0 Å². The Morgan fingerprint density at radius 3 is 2.78 bits per heavy atom. The molecule has 0 spiro atoms. The first-order valence-electron chi connectivity index (χ1n) is 5.64. The Balaban J connectivity index is 0.00000162. The van der Waals surface area contributed by atoms with E-state index < -0.39 is 10.0 Å². The van der Waals surface area contributed by atoms with E-state index in [0.717, 1.165) is 19.3 Å². The van der Waals surface area contributed by atoms with E-state index in [2.05, 4.69) is 10.3 Å².